The zero-order chi connectivity index (χ0) is 8.08. The van der Waals surface area contributed by atoms with Crippen molar-refractivity contribution in [3.63, 3.8) is 0 Å². The quantitative estimate of drug-likeness (QED) is 0.389. The molecule has 0 heterocycles. The van der Waals surface area contributed by atoms with Crippen LogP contribution in [0.15, 0.2) is 0 Å². The second-order valence-electron chi connectivity index (χ2n) is 0.697. The van der Waals surface area contributed by atoms with Gasteiger partial charge < -0.3 is 34.3 Å². The third-order valence-electron chi connectivity index (χ3n) is 0. The Kier molecular flexibility index (Phi) is 20.4. The molecule has 8 nitrogen and oxygen atoms in total. The van der Waals surface area contributed by atoms with Crippen LogP contribution in [0.4, 0.5) is 4.79 Å². The van der Waals surface area contributed by atoms with E-state index in [1.165, 1.54) is 0 Å². The molecule has 0 aliphatic heterocycles. The summed E-state index contributed by atoms with van der Waals surface area (Å²) in [6.07, 6.45) is -2.33. The van der Waals surface area contributed by atoms with E-state index in [9.17, 15) is 0 Å². The molecule has 0 aromatic heterocycles. The molecule has 0 aromatic rings. The van der Waals surface area contributed by atoms with Crippen LogP contribution < -0.4 is 31.0 Å². The number of nitrogens with zero attached hydrogens (tertiary/aromatic N) is 1. The number of carbonyl (C=O) groups excluding carboxylic acids is 1. The van der Waals surface area contributed by atoms with Gasteiger partial charge in [-0.05, 0) is 6.16 Å². The second kappa shape index (κ2) is 9.97. The minimum absolute atomic E-state index is 0. The summed E-state index contributed by atoms with van der Waals surface area (Å²) >= 11 is 0. The van der Waals surface area contributed by atoms with E-state index < -0.39 is 14.0 Å². The van der Waals surface area contributed by atoms with E-state index in [0.717, 1.165) is 0 Å². The van der Waals surface area contributed by atoms with Crippen molar-refractivity contribution >= 4 is 14.0 Å². The van der Waals surface area contributed by atoms with Crippen molar-refractivity contribution in [2.45, 2.75) is 0 Å². The van der Waals surface area contributed by atoms with Crippen LogP contribution in [-0.2, 0) is 30.8 Å². The van der Waals surface area contributed by atoms with Crippen molar-refractivity contribution < 1.29 is 60.5 Å². The van der Waals surface area contributed by atoms with Crippen LogP contribution in [0.25, 0.3) is 0 Å². The Morgan fingerprint density at radius 1 is 1.09 bits per heavy atom. The van der Waals surface area contributed by atoms with Gasteiger partial charge in [-0.1, -0.05) is 0 Å². The van der Waals surface area contributed by atoms with Crippen molar-refractivity contribution in [3.05, 3.63) is 0 Å². The molecule has 0 spiro atoms. The average molecular weight is 260 g/mol. The molecular weight excluding hydrogens is 260 g/mol. The maximum Gasteiger partial charge on any atom is 4.00 e. The number of carboxylic acid groups (broad SMARTS) is 2. The fourth-order valence-electron chi connectivity index (χ4n) is 0. The van der Waals surface area contributed by atoms with Crippen LogP contribution >= 0.6 is 7.82 Å². The normalized spacial score (nSPS) is 7.55. The summed E-state index contributed by atoms with van der Waals surface area (Å²) < 4.78 is 8.55. The zero-order valence-corrected chi connectivity index (χ0v) is 8.10. The van der Waals surface area contributed by atoms with Crippen LogP contribution in [0.5, 0.6) is 0 Å². The molecule has 0 aliphatic rings. The van der Waals surface area contributed by atoms with Crippen molar-refractivity contribution in [2.24, 2.45) is 0 Å². The van der Waals surface area contributed by atoms with E-state index in [2.05, 4.69) is 0 Å². The van der Waals surface area contributed by atoms with E-state index in [-0.39, 0.29) is 32.4 Å². The molecule has 0 rings (SSSR count). The fourth-order valence-corrected chi connectivity index (χ4v) is 0. The molecule has 10 heteroatoms. The number of rotatable bonds is 0. The molecular formula is CNO7PZr+2. The molecule has 0 unspecified atom stereocenters. The summed E-state index contributed by atoms with van der Waals surface area (Å²) in [6.45, 7) is 0. The molecule has 0 fully saturated rings. The summed E-state index contributed by atoms with van der Waals surface area (Å²) in [6, 6.07) is 0. The summed E-state index contributed by atoms with van der Waals surface area (Å²) in [5.41, 5.74) is 0. The average Bonchev–Trinajstić information content (AvgIpc) is 1.19. The number of phosphoric acid groups is 1. The Hall–Kier alpha value is -0.0269. The van der Waals surface area contributed by atoms with Gasteiger partial charge in [0.25, 0.3) is 0 Å². The maximum absolute atomic E-state index is 8.55. The van der Waals surface area contributed by atoms with Gasteiger partial charge in [-0.25, -0.2) is 0 Å². The number of hydrogen-bond donors (Lipinski definition) is 0. The minimum Gasteiger partial charge on any atom is -0.822 e. The molecule has 0 aliphatic carbocycles. The summed E-state index contributed by atoms with van der Waals surface area (Å²) in [5, 5.41) is 16.7. The SMILES string of the molecule is O=C([O-])[O-].O=P([O-])([O-])[O-].[N+3].[Zr+4]. The van der Waals surface area contributed by atoms with Gasteiger partial charge in [0, 0.05) is 0 Å². The Bertz CT molecular complexity index is 118. The number of carbonyl (C=O) groups is 1. The van der Waals surface area contributed by atoms with E-state index in [1.807, 2.05) is 0 Å². The van der Waals surface area contributed by atoms with E-state index in [1.54, 1.807) is 0 Å². The van der Waals surface area contributed by atoms with Gasteiger partial charge in [-0.15, -0.1) is 0 Å². The summed E-state index contributed by atoms with van der Waals surface area (Å²) in [7, 11) is -5.39. The smallest absolute Gasteiger partial charge is 0.822 e. The van der Waals surface area contributed by atoms with Crippen LogP contribution in [0, 0.1) is 0 Å². The largest absolute Gasteiger partial charge is 4.00 e. The van der Waals surface area contributed by atoms with E-state index in [4.69, 9.17) is 34.3 Å². The van der Waals surface area contributed by atoms with Crippen LogP contribution in [0.1, 0.15) is 0 Å². The first-order chi connectivity index (χ1) is 3.73. The molecule has 58 valence electrons. The van der Waals surface area contributed by atoms with Crippen molar-refractivity contribution in [2.75, 3.05) is 0 Å². The predicted octanol–water partition coefficient (Wildman–Crippen LogP) is -5.75. The minimum atomic E-state index is -5.39. The third-order valence-corrected chi connectivity index (χ3v) is 0. The summed E-state index contributed by atoms with van der Waals surface area (Å²) in [4.78, 5) is 34.0. The molecule has 0 N–H and O–H groups in total. The standard InChI is InChI=1S/CH2O3.N.H3O4P.Zr/c2-1(3)4;;1-5(2,3)4;/h(H2,2,3,4);;(H3,1,2,3,4);/q;+3;;+4/p-5. The molecule has 2 radical (unpaired) electrons. The topological polar surface area (TPSA) is 180 Å². The molecule has 0 bridgehead atoms. The van der Waals surface area contributed by atoms with Gasteiger partial charge in [0.2, 0.25) is 0 Å². The predicted molar refractivity (Wildman–Crippen MR) is 15.1 cm³/mol. The maximum atomic E-state index is 8.55. The van der Waals surface area contributed by atoms with Crippen molar-refractivity contribution in [1.29, 1.82) is 0 Å². The Morgan fingerprint density at radius 3 is 1.09 bits per heavy atom. The first kappa shape index (κ1) is 22.4. The van der Waals surface area contributed by atoms with Crippen LogP contribution in [-0.4, -0.2) is 6.16 Å². The second-order valence-corrected chi connectivity index (χ2v) is 1.59. The van der Waals surface area contributed by atoms with Gasteiger partial charge in [0.1, 0.15) is 0 Å². The number of hydrogen-bond acceptors (Lipinski definition) is 7. The Balaban J connectivity index is -0.0000000383. The van der Waals surface area contributed by atoms with Crippen molar-refractivity contribution in [1.82, 2.24) is 6.15 Å². The Labute approximate surface area is 80.8 Å². The van der Waals surface area contributed by atoms with Gasteiger partial charge in [0.05, 0.1) is 0 Å². The van der Waals surface area contributed by atoms with Crippen LogP contribution in [0.2, 0.25) is 0 Å². The molecule has 11 heavy (non-hydrogen) atoms. The van der Waals surface area contributed by atoms with Gasteiger partial charge in [0.15, 0.2) is 0 Å². The van der Waals surface area contributed by atoms with Gasteiger partial charge >= 0.3 is 32.4 Å². The monoisotopic (exact) mass is 259 g/mol. The molecule has 0 atom stereocenters. The van der Waals surface area contributed by atoms with Gasteiger partial charge in [-0.3, -0.25) is 0 Å². The molecule has 0 aromatic carbocycles. The van der Waals surface area contributed by atoms with Crippen LogP contribution in [0.3, 0.4) is 0 Å². The molecule has 0 amide bonds. The first-order valence-corrected chi connectivity index (χ1v) is 2.80. The first-order valence-electron chi connectivity index (χ1n) is 1.34. The van der Waals surface area contributed by atoms with E-state index >= 15 is 0 Å². The Morgan fingerprint density at radius 2 is 1.09 bits per heavy atom. The third kappa shape index (κ3) is 877000. The molecule has 0 saturated heterocycles. The summed E-state index contributed by atoms with van der Waals surface area (Å²) in [5.74, 6) is 0. The zero-order valence-electron chi connectivity index (χ0n) is 4.75. The van der Waals surface area contributed by atoms with Crippen molar-refractivity contribution in [3.8, 4) is 0 Å². The van der Waals surface area contributed by atoms with Gasteiger partial charge in [-0.2, -0.15) is 7.82 Å². The molecule has 0 saturated carbocycles. The fraction of sp³-hybridized carbons (Fsp3) is 0. The van der Waals surface area contributed by atoms with E-state index in [0.29, 0.717) is 0 Å².